The molecule has 9 heteroatoms. The molecule has 0 radical (unpaired) electrons. The molecule has 2 aromatic carbocycles. The third-order valence-corrected chi connectivity index (χ3v) is 11.4. The Kier molecular flexibility index (Phi) is 7.57. The first-order chi connectivity index (χ1) is 20.0. The number of para-hydroxylation sites is 2. The number of aryl methyl sites for hydroxylation is 1. The maximum absolute atomic E-state index is 13.7. The number of hydrogen-bond donors (Lipinski definition) is 0. The van der Waals surface area contributed by atoms with Crippen molar-refractivity contribution >= 4 is 51.7 Å². The first kappa shape index (κ1) is 27.4. The molecule has 3 aliphatic rings. The maximum Gasteiger partial charge on any atom is 0.275 e. The van der Waals surface area contributed by atoms with Crippen molar-refractivity contribution in [2.24, 2.45) is 0 Å². The highest BCUT2D eigenvalue weighted by molar-refractivity contribution is 7.11. The lowest BCUT2D eigenvalue weighted by Crippen LogP contribution is -2.49. The first-order valence-electron chi connectivity index (χ1n) is 14.8. The SMILES string of the molecule is Cc1nc2ccccc2n1C1C[C@H]2CC[C@@H](C1)N2CCC1CC(c2ccccc2)CCN1C(=O)c1nsc(Cl)c1Cl. The molecule has 2 aromatic heterocycles. The number of amides is 1. The molecule has 5 heterocycles. The molecule has 0 spiro atoms. The Hall–Kier alpha value is -2.45. The van der Waals surface area contributed by atoms with Crippen molar-refractivity contribution in [3.05, 3.63) is 81.0 Å². The highest BCUT2D eigenvalue weighted by atomic mass is 35.5. The number of aromatic nitrogens is 3. The van der Waals surface area contributed by atoms with Gasteiger partial charge < -0.3 is 9.47 Å². The minimum atomic E-state index is -0.0844. The standard InChI is InChI=1S/C32H35Cl2N5OS/c1-20-35-27-9-5-6-10-28(27)39(20)26-18-23-11-12-24(19-26)37(23)16-14-25-17-22(21-7-3-2-4-8-21)13-15-38(25)32(40)30-29(33)31(34)41-36-30/h2-10,22-26H,11-19H2,1H3/t22?,23-,24+,25?,26?. The number of carbonyl (C=O) groups is 1. The molecule has 5 atom stereocenters. The van der Waals surface area contributed by atoms with Gasteiger partial charge in [0.25, 0.3) is 5.91 Å². The van der Waals surface area contributed by atoms with E-state index in [4.69, 9.17) is 28.2 Å². The monoisotopic (exact) mass is 607 g/mol. The van der Waals surface area contributed by atoms with E-state index in [1.165, 1.54) is 23.9 Å². The molecule has 0 saturated carbocycles. The van der Waals surface area contributed by atoms with Crippen LogP contribution < -0.4 is 0 Å². The number of benzene rings is 2. The van der Waals surface area contributed by atoms with E-state index in [0.717, 1.165) is 61.5 Å². The molecular formula is C32H35Cl2N5OS. The van der Waals surface area contributed by atoms with E-state index in [1.807, 2.05) is 4.90 Å². The Balaban J connectivity index is 1.09. The zero-order valence-electron chi connectivity index (χ0n) is 23.3. The third kappa shape index (κ3) is 5.09. The molecule has 41 heavy (non-hydrogen) atoms. The third-order valence-electron chi connectivity index (χ3n) is 9.77. The minimum absolute atomic E-state index is 0.0844. The van der Waals surface area contributed by atoms with Crippen molar-refractivity contribution in [2.45, 2.75) is 82.0 Å². The summed E-state index contributed by atoms with van der Waals surface area (Å²) in [6, 6.07) is 21.1. The van der Waals surface area contributed by atoms with Crippen molar-refractivity contribution in [3.63, 3.8) is 0 Å². The van der Waals surface area contributed by atoms with Crippen molar-refractivity contribution in [3.8, 4) is 0 Å². The number of hydrogen-bond acceptors (Lipinski definition) is 5. The van der Waals surface area contributed by atoms with Gasteiger partial charge in [0.2, 0.25) is 0 Å². The smallest absolute Gasteiger partial charge is 0.275 e. The van der Waals surface area contributed by atoms with E-state index in [0.29, 0.717) is 40.6 Å². The second kappa shape index (κ2) is 11.3. The lowest BCUT2D eigenvalue weighted by molar-refractivity contribution is 0.0501. The number of fused-ring (bicyclic) bond motifs is 3. The maximum atomic E-state index is 13.7. The van der Waals surface area contributed by atoms with Gasteiger partial charge in [0, 0.05) is 37.3 Å². The van der Waals surface area contributed by atoms with Crippen LogP contribution in [0.25, 0.3) is 11.0 Å². The predicted molar refractivity (Wildman–Crippen MR) is 166 cm³/mol. The fourth-order valence-electron chi connectivity index (χ4n) is 7.89. The summed E-state index contributed by atoms with van der Waals surface area (Å²) in [6.45, 7) is 3.86. The van der Waals surface area contributed by atoms with Crippen LogP contribution in [0, 0.1) is 6.92 Å². The summed E-state index contributed by atoms with van der Waals surface area (Å²) in [6.07, 6.45) is 7.66. The van der Waals surface area contributed by atoms with Crippen LogP contribution in [0.2, 0.25) is 9.36 Å². The van der Waals surface area contributed by atoms with Gasteiger partial charge in [-0.2, -0.15) is 4.37 Å². The van der Waals surface area contributed by atoms with E-state index >= 15 is 0 Å². The van der Waals surface area contributed by atoms with Gasteiger partial charge in [-0.3, -0.25) is 9.69 Å². The number of nitrogens with zero attached hydrogens (tertiary/aromatic N) is 5. The molecular weight excluding hydrogens is 573 g/mol. The average Bonchev–Trinajstić information content (AvgIpc) is 3.59. The van der Waals surface area contributed by atoms with Gasteiger partial charge in [-0.05, 0) is 87.0 Å². The molecule has 214 valence electrons. The van der Waals surface area contributed by atoms with E-state index in [1.54, 1.807) is 0 Å². The van der Waals surface area contributed by atoms with Gasteiger partial charge in [-0.15, -0.1) is 0 Å². The minimum Gasteiger partial charge on any atom is -0.334 e. The number of rotatable bonds is 6. The predicted octanol–water partition coefficient (Wildman–Crippen LogP) is 7.75. The summed E-state index contributed by atoms with van der Waals surface area (Å²) < 4.78 is 7.19. The average molecular weight is 609 g/mol. The molecule has 0 aliphatic carbocycles. The number of halogens is 2. The van der Waals surface area contributed by atoms with Crippen LogP contribution in [0.15, 0.2) is 54.6 Å². The van der Waals surface area contributed by atoms with Gasteiger partial charge in [-0.25, -0.2) is 4.98 Å². The molecule has 3 unspecified atom stereocenters. The van der Waals surface area contributed by atoms with Crippen LogP contribution in [0.5, 0.6) is 0 Å². The van der Waals surface area contributed by atoms with Crippen LogP contribution >= 0.6 is 34.7 Å². The molecule has 4 aromatic rings. The normalized spacial score (nSPS) is 26.6. The van der Waals surface area contributed by atoms with Crippen LogP contribution in [-0.2, 0) is 0 Å². The zero-order chi connectivity index (χ0) is 28.1. The zero-order valence-corrected chi connectivity index (χ0v) is 25.6. The van der Waals surface area contributed by atoms with Crippen LogP contribution in [-0.4, -0.2) is 60.8 Å². The highest BCUT2D eigenvalue weighted by Crippen LogP contribution is 2.43. The number of likely N-dealkylation sites (tertiary alicyclic amines) is 1. The fraction of sp³-hybridized carbons (Fsp3) is 0.469. The van der Waals surface area contributed by atoms with Crippen molar-refractivity contribution in [1.29, 1.82) is 0 Å². The number of carbonyl (C=O) groups excluding carboxylic acids is 1. The molecule has 3 aliphatic heterocycles. The van der Waals surface area contributed by atoms with Crippen LogP contribution in [0.3, 0.4) is 0 Å². The number of imidazole rings is 1. The summed E-state index contributed by atoms with van der Waals surface area (Å²) in [5, 5.41) is 0.285. The first-order valence-corrected chi connectivity index (χ1v) is 16.4. The summed E-state index contributed by atoms with van der Waals surface area (Å²) in [5.74, 6) is 1.48. The van der Waals surface area contributed by atoms with Crippen LogP contribution in [0.4, 0.5) is 0 Å². The summed E-state index contributed by atoms with van der Waals surface area (Å²) in [7, 11) is 0. The molecule has 6 nitrogen and oxygen atoms in total. The van der Waals surface area contributed by atoms with Crippen molar-refractivity contribution in [2.75, 3.05) is 13.1 Å². The Morgan fingerprint density at radius 2 is 1.68 bits per heavy atom. The Bertz CT molecular complexity index is 1540. The van der Waals surface area contributed by atoms with E-state index in [-0.39, 0.29) is 17.0 Å². The largest absolute Gasteiger partial charge is 0.334 e. The lowest BCUT2D eigenvalue weighted by atomic mass is 9.83. The second-order valence-corrected chi connectivity index (χ2v) is 13.7. The van der Waals surface area contributed by atoms with E-state index < -0.39 is 0 Å². The van der Waals surface area contributed by atoms with Gasteiger partial charge in [-0.1, -0.05) is 65.7 Å². The van der Waals surface area contributed by atoms with E-state index in [2.05, 4.69) is 75.4 Å². The van der Waals surface area contributed by atoms with E-state index in [9.17, 15) is 4.79 Å². The summed E-state index contributed by atoms with van der Waals surface area (Å²) >= 11 is 13.7. The summed E-state index contributed by atoms with van der Waals surface area (Å²) in [4.78, 5) is 23.3. The molecule has 7 rings (SSSR count). The van der Waals surface area contributed by atoms with Gasteiger partial charge in [0.15, 0.2) is 5.69 Å². The molecule has 0 N–H and O–H groups in total. The summed E-state index contributed by atoms with van der Waals surface area (Å²) in [5.41, 5.74) is 4.01. The fourth-order valence-corrected chi connectivity index (χ4v) is 8.88. The molecule has 2 bridgehead atoms. The second-order valence-electron chi connectivity index (χ2n) is 12.0. The van der Waals surface area contributed by atoms with Crippen LogP contribution in [0.1, 0.15) is 78.8 Å². The topological polar surface area (TPSA) is 54.3 Å². The molecule has 3 fully saturated rings. The lowest BCUT2D eigenvalue weighted by Gasteiger charge is -2.43. The van der Waals surface area contributed by atoms with Gasteiger partial charge in [0.05, 0.1) is 11.0 Å². The highest BCUT2D eigenvalue weighted by Gasteiger charge is 2.43. The quantitative estimate of drug-likeness (QED) is 0.225. The Morgan fingerprint density at radius 3 is 2.41 bits per heavy atom. The Morgan fingerprint density at radius 1 is 0.951 bits per heavy atom. The number of piperidine rings is 2. The van der Waals surface area contributed by atoms with Gasteiger partial charge >= 0.3 is 0 Å². The molecule has 3 saturated heterocycles. The Labute approximate surface area is 255 Å². The van der Waals surface area contributed by atoms with Gasteiger partial charge in [0.1, 0.15) is 15.2 Å². The molecule has 1 amide bonds. The van der Waals surface area contributed by atoms with Crippen molar-refractivity contribution in [1.82, 2.24) is 23.7 Å². The van der Waals surface area contributed by atoms with Crippen molar-refractivity contribution < 1.29 is 4.79 Å².